The highest BCUT2D eigenvalue weighted by Gasteiger charge is 2.63. The number of hydrogen-bond acceptors (Lipinski definition) is 2. The van der Waals surface area contributed by atoms with E-state index in [1.165, 1.54) is 0 Å². The van der Waals surface area contributed by atoms with E-state index in [4.69, 9.17) is 0 Å². The summed E-state index contributed by atoms with van der Waals surface area (Å²) in [6, 6.07) is -0.0952. The van der Waals surface area contributed by atoms with Crippen LogP contribution in [0.2, 0.25) is 0 Å². The van der Waals surface area contributed by atoms with Gasteiger partial charge in [-0.25, -0.2) is 0 Å². The number of hydrogen-bond donors (Lipinski definition) is 2. The van der Waals surface area contributed by atoms with E-state index in [1.54, 1.807) is 7.05 Å². The fourth-order valence-corrected chi connectivity index (χ4v) is 2.45. The number of carbonyl (C=O) groups is 1. The van der Waals surface area contributed by atoms with Gasteiger partial charge >= 0.3 is 0 Å². The Labute approximate surface area is 93.0 Å². The Kier molecular flexibility index (Phi) is 3.15. The van der Waals surface area contributed by atoms with E-state index < -0.39 is 0 Å². The predicted octanol–water partition coefficient (Wildman–Crippen LogP) is 1.39. The number of rotatable bonds is 4. The summed E-state index contributed by atoms with van der Waals surface area (Å²) in [4.78, 5) is 11.3. The van der Waals surface area contributed by atoms with Crippen molar-refractivity contribution >= 4 is 5.91 Å². The molecule has 1 amide bonds. The molecule has 1 fully saturated rings. The van der Waals surface area contributed by atoms with Crippen LogP contribution in [-0.2, 0) is 4.79 Å². The van der Waals surface area contributed by atoms with E-state index in [-0.39, 0.29) is 11.9 Å². The van der Waals surface area contributed by atoms with Crippen LogP contribution in [0.15, 0.2) is 0 Å². The minimum atomic E-state index is -0.0952. The zero-order chi connectivity index (χ0) is 11.9. The van der Waals surface area contributed by atoms with Gasteiger partial charge in [0.1, 0.15) is 0 Å². The molecule has 88 valence electrons. The fraction of sp³-hybridized carbons (Fsp3) is 0.917. The monoisotopic (exact) mass is 212 g/mol. The maximum atomic E-state index is 11.3. The summed E-state index contributed by atoms with van der Waals surface area (Å²) < 4.78 is 0. The molecule has 1 atom stereocenters. The molecule has 15 heavy (non-hydrogen) atoms. The van der Waals surface area contributed by atoms with Gasteiger partial charge < -0.3 is 10.6 Å². The van der Waals surface area contributed by atoms with Gasteiger partial charge in [-0.1, -0.05) is 27.7 Å². The van der Waals surface area contributed by atoms with Crippen LogP contribution >= 0.6 is 0 Å². The van der Waals surface area contributed by atoms with Gasteiger partial charge in [-0.15, -0.1) is 0 Å². The Morgan fingerprint density at radius 2 is 1.73 bits per heavy atom. The molecule has 0 aromatic carbocycles. The predicted molar refractivity (Wildman–Crippen MR) is 62.6 cm³/mol. The summed E-state index contributed by atoms with van der Waals surface area (Å²) in [6.07, 6.45) is 0. The molecular formula is C12H24N2O. The molecule has 0 aromatic rings. The van der Waals surface area contributed by atoms with Gasteiger partial charge in [-0.05, 0) is 30.2 Å². The molecule has 0 aromatic heterocycles. The van der Waals surface area contributed by atoms with E-state index in [2.05, 4.69) is 38.3 Å². The van der Waals surface area contributed by atoms with Crippen LogP contribution in [0.4, 0.5) is 0 Å². The Balaban J connectivity index is 2.38. The highest BCUT2D eigenvalue weighted by Crippen LogP contribution is 2.67. The average molecular weight is 212 g/mol. The van der Waals surface area contributed by atoms with Gasteiger partial charge in [0, 0.05) is 7.05 Å². The highest BCUT2D eigenvalue weighted by molar-refractivity contribution is 5.80. The molecule has 2 N–H and O–H groups in total. The van der Waals surface area contributed by atoms with Crippen molar-refractivity contribution in [3.63, 3.8) is 0 Å². The lowest BCUT2D eigenvalue weighted by atomic mass is 10.0. The van der Waals surface area contributed by atoms with Crippen molar-refractivity contribution in [2.75, 3.05) is 13.6 Å². The zero-order valence-corrected chi connectivity index (χ0v) is 10.8. The third-order valence-electron chi connectivity index (χ3n) is 4.59. The molecular weight excluding hydrogens is 188 g/mol. The summed E-state index contributed by atoms with van der Waals surface area (Å²) in [5.41, 5.74) is 0.783. The topological polar surface area (TPSA) is 41.1 Å². The molecule has 1 rings (SSSR count). The van der Waals surface area contributed by atoms with E-state index in [1.807, 2.05) is 6.92 Å². The standard InChI is InChI=1S/C12H24N2O/c1-8(10(15)13-6)14-7-9-11(2,3)12(9,4)5/h8-9,14H,7H2,1-6H3,(H,13,15). The summed E-state index contributed by atoms with van der Waals surface area (Å²) in [6.45, 7) is 12.0. The summed E-state index contributed by atoms with van der Waals surface area (Å²) in [5.74, 6) is 0.725. The Bertz CT molecular complexity index is 244. The normalized spacial score (nSPS) is 24.7. The molecule has 0 heterocycles. The van der Waals surface area contributed by atoms with Crippen molar-refractivity contribution in [1.29, 1.82) is 0 Å². The van der Waals surface area contributed by atoms with Crippen molar-refractivity contribution in [3.05, 3.63) is 0 Å². The molecule has 1 aliphatic carbocycles. The first kappa shape index (κ1) is 12.5. The Morgan fingerprint density at radius 1 is 1.27 bits per heavy atom. The van der Waals surface area contributed by atoms with E-state index >= 15 is 0 Å². The van der Waals surface area contributed by atoms with Gasteiger partial charge in [0.2, 0.25) is 5.91 Å². The van der Waals surface area contributed by atoms with Crippen molar-refractivity contribution in [1.82, 2.24) is 10.6 Å². The maximum Gasteiger partial charge on any atom is 0.236 e. The summed E-state index contributed by atoms with van der Waals surface area (Å²) >= 11 is 0. The number of amides is 1. The molecule has 0 saturated heterocycles. The van der Waals surface area contributed by atoms with Crippen LogP contribution in [0.5, 0.6) is 0 Å². The van der Waals surface area contributed by atoms with Gasteiger partial charge in [0.05, 0.1) is 6.04 Å². The smallest absolute Gasteiger partial charge is 0.236 e. The second-order valence-corrected chi connectivity index (χ2v) is 5.74. The third kappa shape index (κ3) is 2.03. The van der Waals surface area contributed by atoms with E-state index in [0.717, 1.165) is 6.54 Å². The quantitative estimate of drug-likeness (QED) is 0.739. The van der Waals surface area contributed by atoms with Crippen molar-refractivity contribution in [3.8, 4) is 0 Å². The molecule has 0 radical (unpaired) electrons. The minimum absolute atomic E-state index is 0.0614. The maximum absolute atomic E-state index is 11.3. The number of nitrogens with one attached hydrogen (secondary N) is 2. The van der Waals surface area contributed by atoms with Crippen molar-refractivity contribution in [2.45, 2.75) is 40.7 Å². The van der Waals surface area contributed by atoms with E-state index in [9.17, 15) is 4.79 Å². The molecule has 1 aliphatic rings. The molecule has 1 saturated carbocycles. The number of carbonyl (C=O) groups excluding carboxylic acids is 1. The molecule has 0 aliphatic heterocycles. The molecule has 0 bridgehead atoms. The summed E-state index contributed by atoms with van der Waals surface area (Å²) in [5, 5.41) is 5.94. The summed E-state index contributed by atoms with van der Waals surface area (Å²) in [7, 11) is 1.67. The molecule has 0 spiro atoms. The first-order chi connectivity index (χ1) is 6.75. The fourth-order valence-electron chi connectivity index (χ4n) is 2.45. The first-order valence-electron chi connectivity index (χ1n) is 5.70. The number of likely N-dealkylation sites (N-methyl/N-ethyl adjacent to an activating group) is 1. The third-order valence-corrected chi connectivity index (χ3v) is 4.59. The average Bonchev–Trinajstić information content (AvgIpc) is 2.53. The Morgan fingerprint density at radius 3 is 2.07 bits per heavy atom. The zero-order valence-electron chi connectivity index (χ0n) is 10.8. The molecule has 3 nitrogen and oxygen atoms in total. The van der Waals surface area contributed by atoms with Crippen molar-refractivity contribution in [2.24, 2.45) is 16.7 Å². The first-order valence-corrected chi connectivity index (χ1v) is 5.70. The SMILES string of the molecule is CNC(=O)C(C)NCC1C(C)(C)C1(C)C. The van der Waals surface area contributed by atoms with Crippen LogP contribution in [0, 0.1) is 16.7 Å². The van der Waals surface area contributed by atoms with Gasteiger partial charge in [0.25, 0.3) is 0 Å². The molecule has 1 unspecified atom stereocenters. The van der Waals surface area contributed by atoms with Crippen molar-refractivity contribution < 1.29 is 4.79 Å². The lowest BCUT2D eigenvalue weighted by Crippen LogP contribution is -2.41. The lowest BCUT2D eigenvalue weighted by Gasteiger charge is -2.12. The van der Waals surface area contributed by atoms with Crippen LogP contribution < -0.4 is 10.6 Å². The second-order valence-electron chi connectivity index (χ2n) is 5.74. The largest absolute Gasteiger partial charge is 0.358 e. The van der Waals surface area contributed by atoms with E-state index in [0.29, 0.717) is 16.7 Å². The van der Waals surface area contributed by atoms with Crippen LogP contribution in [-0.4, -0.2) is 25.5 Å². The molecule has 3 heteroatoms. The van der Waals surface area contributed by atoms with Crippen LogP contribution in [0.3, 0.4) is 0 Å². The lowest BCUT2D eigenvalue weighted by molar-refractivity contribution is -0.122. The van der Waals surface area contributed by atoms with Crippen LogP contribution in [0.1, 0.15) is 34.6 Å². The highest BCUT2D eigenvalue weighted by atomic mass is 16.2. The minimum Gasteiger partial charge on any atom is -0.358 e. The van der Waals surface area contributed by atoms with Gasteiger partial charge in [0.15, 0.2) is 0 Å². The second kappa shape index (κ2) is 3.78. The van der Waals surface area contributed by atoms with Gasteiger partial charge in [-0.3, -0.25) is 4.79 Å². The van der Waals surface area contributed by atoms with Gasteiger partial charge in [-0.2, -0.15) is 0 Å². The Hall–Kier alpha value is -0.570. The van der Waals surface area contributed by atoms with Crippen LogP contribution in [0.25, 0.3) is 0 Å².